The van der Waals surface area contributed by atoms with E-state index in [1.807, 2.05) is 4.90 Å². The van der Waals surface area contributed by atoms with Gasteiger partial charge in [-0.2, -0.15) is 0 Å². The molecule has 0 aromatic rings. The van der Waals surface area contributed by atoms with E-state index in [1.54, 1.807) is 6.92 Å². The lowest BCUT2D eigenvalue weighted by Gasteiger charge is -2.34. The average molecular weight is 310 g/mol. The summed E-state index contributed by atoms with van der Waals surface area (Å²) < 4.78 is 0. The lowest BCUT2D eigenvalue weighted by Crippen LogP contribution is -2.53. The molecular weight excluding hydrogens is 284 g/mol. The van der Waals surface area contributed by atoms with Gasteiger partial charge in [0.05, 0.1) is 6.04 Å². The Hall–Kier alpha value is -1.63. The second-order valence-electron chi connectivity index (χ2n) is 6.33. The van der Waals surface area contributed by atoms with Crippen LogP contribution in [0.25, 0.3) is 0 Å². The number of rotatable bonds is 4. The van der Waals surface area contributed by atoms with Gasteiger partial charge in [-0.3, -0.25) is 19.8 Å². The Morgan fingerprint density at radius 3 is 2.23 bits per heavy atom. The molecule has 2 rings (SSSR count). The van der Waals surface area contributed by atoms with Crippen LogP contribution in [0.15, 0.2) is 0 Å². The number of primary amides is 1. The molecule has 22 heavy (non-hydrogen) atoms. The number of carbonyl (C=O) groups excluding carboxylic acids is 3. The van der Waals surface area contributed by atoms with E-state index in [4.69, 9.17) is 5.73 Å². The van der Waals surface area contributed by atoms with Gasteiger partial charge in [-0.25, -0.2) is 4.79 Å². The maximum absolute atomic E-state index is 12.1. The number of urea groups is 1. The number of carbonyl (C=O) groups is 3. The highest BCUT2D eigenvalue weighted by Gasteiger charge is 2.29. The Morgan fingerprint density at radius 1 is 1.09 bits per heavy atom. The number of nitrogens with zero attached hydrogens (tertiary/aromatic N) is 1. The summed E-state index contributed by atoms with van der Waals surface area (Å²) in [7, 11) is 0. The van der Waals surface area contributed by atoms with Crippen molar-refractivity contribution in [1.29, 1.82) is 0 Å². The number of nitrogens with two attached hydrogens (primary N) is 1. The molecule has 0 aromatic carbocycles. The second-order valence-corrected chi connectivity index (χ2v) is 6.33. The van der Waals surface area contributed by atoms with Crippen LogP contribution in [0.1, 0.15) is 45.4 Å². The summed E-state index contributed by atoms with van der Waals surface area (Å²) in [5, 5.41) is 5.25. The molecule has 4 amide bonds. The number of likely N-dealkylation sites (tertiary alicyclic amines) is 1. The first-order valence-electron chi connectivity index (χ1n) is 8.12. The zero-order chi connectivity index (χ0) is 16.1. The minimum atomic E-state index is -0.407. The highest BCUT2D eigenvalue weighted by atomic mass is 16.2. The van der Waals surface area contributed by atoms with Gasteiger partial charge in [-0.1, -0.05) is 12.8 Å². The van der Waals surface area contributed by atoms with Crippen LogP contribution in [0, 0.1) is 5.92 Å². The largest absolute Gasteiger partial charge is 0.369 e. The monoisotopic (exact) mass is 310 g/mol. The second kappa shape index (κ2) is 7.58. The predicted octanol–water partition coefficient (Wildman–Crippen LogP) is 0.341. The number of hydrogen-bond donors (Lipinski definition) is 3. The van der Waals surface area contributed by atoms with Gasteiger partial charge in [0.15, 0.2) is 0 Å². The lowest BCUT2D eigenvalue weighted by molar-refractivity contribution is -0.126. The SMILES string of the molecule is CC(C(=O)NC(=O)NC1CCCC1)N1CCC(C(N)=O)CC1. The van der Waals surface area contributed by atoms with Crippen LogP contribution in [0.2, 0.25) is 0 Å². The molecule has 1 aliphatic carbocycles. The average Bonchev–Trinajstić information content (AvgIpc) is 2.99. The van der Waals surface area contributed by atoms with Crippen molar-refractivity contribution in [2.75, 3.05) is 13.1 Å². The van der Waals surface area contributed by atoms with Crippen molar-refractivity contribution in [2.45, 2.75) is 57.5 Å². The van der Waals surface area contributed by atoms with Crippen molar-refractivity contribution >= 4 is 17.8 Å². The van der Waals surface area contributed by atoms with Crippen molar-refractivity contribution in [1.82, 2.24) is 15.5 Å². The van der Waals surface area contributed by atoms with Gasteiger partial charge in [0.1, 0.15) is 0 Å². The standard InChI is InChI=1S/C15H26N4O3/c1-10(19-8-6-11(7-9-19)13(16)20)14(21)18-15(22)17-12-4-2-3-5-12/h10-12H,2-9H2,1H3,(H2,16,20)(H2,17,18,21,22). The van der Waals surface area contributed by atoms with Gasteiger partial charge in [-0.05, 0) is 45.7 Å². The molecule has 2 aliphatic rings. The van der Waals surface area contributed by atoms with Crippen LogP contribution >= 0.6 is 0 Å². The highest BCUT2D eigenvalue weighted by molar-refractivity contribution is 5.96. The molecule has 7 nitrogen and oxygen atoms in total. The Morgan fingerprint density at radius 2 is 1.68 bits per heavy atom. The van der Waals surface area contributed by atoms with E-state index >= 15 is 0 Å². The van der Waals surface area contributed by atoms with Crippen LogP contribution in [-0.2, 0) is 9.59 Å². The molecule has 0 bridgehead atoms. The number of piperidine rings is 1. The lowest BCUT2D eigenvalue weighted by atomic mass is 9.95. The predicted molar refractivity (Wildman–Crippen MR) is 81.9 cm³/mol. The normalized spacial score (nSPS) is 22.2. The van der Waals surface area contributed by atoms with Crippen molar-refractivity contribution in [3.63, 3.8) is 0 Å². The molecule has 4 N–H and O–H groups in total. The molecule has 0 aromatic heterocycles. The Kier molecular flexibility index (Phi) is 5.76. The zero-order valence-corrected chi connectivity index (χ0v) is 13.1. The zero-order valence-electron chi connectivity index (χ0n) is 13.1. The van der Waals surface area contributed by atoms with E-state index in [0.717, 1.165) is 25.7 Å². The minimum absolute atomic E-state index is 0.0998. The van der Waals surface area contributed by atoms with Crippen LogP contribution < -0.4 is 16.4 Å². The maximum atomic E-state index is 12.1. The molecule has 1 atom stereocenters. The van der Waals surface area contributed by atoms with Gasteiger partial charge in [0, 0.05) is 12.0 Å². The fourth-order valence-corrected chi connectivity index (χ4v) is 3.25. The quantitative estimate of drug-likeness (QED) is 0.696. The molecule has 124 valence electrons. The number of hydrogen-bond acceptors (Lipinski definition) is 4. The molecule has 1 aliphatic heterocycles. The van der Waals surface area contributed by atoms with Gasteiger partial charge >= 0.3 is 6.03 Å². The number of imide groups is 1. The fraction of sp³-hybridized carbons (Fsp3) is 0.800. The molecular formula is C15H26N4O3. The summed E-state index contributed by atoms with van der Waals surface area (Å²) in [4.78, 5) is 37.1. The molecule has 1 saturated heterocycles. The minimum Gasteiger partial charge on any atom is -0.369 e. The summed E-state index contributed by atoms with van der Waals surface area (Å²) in [6, 6.07) is -0.603. The van der Waals surface area contributed by atoms with E-state index in [2.05, 4.69) is 10.6 Å². The van der Waals surface area contributed by atoms with E-state index in [0.29, 0.717) is 25.9 Å². The summed E-state index contributed by atoms with van der Waals surface area (Å²) in [5.74, 6) is -0.669. The van der Waals surface area contributed by atoms with Crippen molar-refractivity contribution in [3.05, 3.63) is 0 Å². The van der Waals surface area contributed by atoms with Crippen LogP contribution in [-0.4, -0.2) is 47.9 Å². The Labute approximate surface area is 131 Å². The fourth-order valence-electron chi connectivity index (χ4n) is 3.25. The third kappa shape index (κ3) is 4.43. The third-order valence-corrected chi connectivity index (χ3v) is 4.79. The van der Waals surface area contributed by atoms with Crippen LogP contribution in [0.5, 0.6) is 0 Å². The van der Waals surface area contributed by atoms with Gasteiger partial charge in [-0.15, -0.1) is 0 Å². The highest BCUT2D eigenvalue weighted by Crippen LogP contribution is 2.19. The first-order chi connectivity index (χ1) is 10.5. The van der Waals surface area contributed by atoms with E-state index < -0.39 is 6.03 Å². The van der Waals surface area contributed by atoms with E-state index in [9.17, 15) is 14.4 Å². The first-order valence-corrected chi connectivity index (χ1v) is 8.12. The maximum Gasteiger partial charge on any atom is 0.321 e. The molecule has 2 fully saturated rings. The van der Waals surface area contributed by atoms with E-state index in [-0.39, 0.29) is 29.8 Å². The molecule has 0 radical (unpaired) electrons. The van der Waals surface area contributed by atoms with Gasteiger partial charge < -0.3 is 11.1 Å². The van der Waals surface area contributed by atoms with Crippen LogP contribution in [0.4, 0.5) is 4.79 Å². The summed E-state index contributed by atoms with van der Waals surface area (Å²) in [6.45, 7) is 3.07. The van der Waals surface area contributed by atoms with Crippen LogP contribution in [0.3, 0.4) is 0 Å². The molecule has 1 heterocycles. The third-order valence-electron chi connectivity index (χ3n) is 4.79. The summed E-state index contributed by atoms with van der Waals surface area (Å²) in [6.07, 6.45) is 5.56. The number of nitrogens with one attached hydrogen (secondary N) is 2. The van der Waals surface area contributed by atoms with Gasteiger partial charge in [0.25, 0.3) is 0 Å². The van der Waals surface area contributed by atoms with Crippen molar-refractivity contribution < 1.29 is 14.4 Å². The Bertz CT molecular complexity index is 427. The molecule has 7 heteroatoms. The van der Waals surface area contributed by atoms with Crippen molar-refractivity contribution in [3.8, 4) is 0 Å². The van der Waals surface area contributed by atoms with E-state index in [1.165, 1.54) is 0 Å². The molecule has 0 spiro atoms. The summed E-state index contributed by atoms with van der Waals surface area (Å²) in [5.41, 5.74) is 5.30. The summed E-state index contributed by atoms with van der Waals surface area (Å²) >= 11 is 0. The first kappa shape index (κ1) is 16.7. The smallest absolute Gasteiger partial charge is 0.321 e. The molecule has 1 saturated carbocycles. The number of amides is 4. The topological polar surface area (TPSA) is 105 Å². The molecule has 1 unspecified atom stereocenters. The van der Waals surface area contributed by atoms with Crippen molar-refractivity contribution in [2.24, 2.45) is 11.7 Å². The van der Waals surface area contributed by atoms with Gasteiger partial charge in [0.2, 0.25) is 11.8 Å². The Balaban J connectivity index is 1.74.